The SMILES string of the molecule is CNC(CCc1ccc(F)c(Br)c1)C(C)C. The van der Waals surface area contributed by atoms with Gasteiger partial charge in [-0.3, -0.25) is 0 Å². The fraction of sp³-hybridized carbons (Fsp3) is 0.538. The Balaban J connectivity index is 2.57. The lowest BCUT2D eigenvalue weighted by atomic mass is 9.97. The topological polar surface area (TPSA) is 12.0 Å². The number of aryl methyl sites for hydroxylation is 1. The molecule has 0 amide bonds. The van der Waals surface area contributed by atoms with E-state index in [4.69, 9.17) is 0 Å². The third kappa shape index (κ3) is 3.87. The molecule has 0 bridgehead atoms. The Morgan fingerprint density at radius 3 is 2.56 bits per heavy atom. The van der Waals surface area contributed by atoms with Gasteiger partial charge in [0.1, 0.15) is 5.82 Å². The molecule has 3 heteroatoms. The molecule has 1 N–H and O–H groups in total. The summed E-state index contributed by atoms with van der Waals surface area (Å²) in [7, 11) is 1.99. The lowest BCUT2D eigenvalue weighted by molar-refractivity contribution is 0.403. The number of rotatable bonds is 5. The molecule has 0 fully saturated rings. The molecule has 1 unspecified atom stereocenters. The van der Waals surface area contributed by atoms with Crippen LogP contribution in [0.4, 0.5) is 4.39 Å². The van der Waals surface area contributed by atoms with Crippen molar-refractivity contribution in [2.24, 2.45) is 5.92 Å². The van der Waals surface area contributed by atoms with Crippen molar-refractivity contribution in [1.82, 2.24) is 5.32 Å². The number of benzene rings is 1. The number of hydrogen-bond donors (Lipinski definition) is 1. The van der Waals surface area contributed by atoms with Gasteiger partial charge in [-0.1, -0.05) is 19.9 Å². The maximum Gasteiger partial charge on any atom is 0.137 e. The molecule has 0 aliphatic rings. The lowest BCUT2D eigenvalue weighted by Gasteiger charge is -2.20. The van der Waals surface area contributed by atoms with Crippen LogP contribution in [-0.4, -0.2) is 13.1 Å². The molecule has 0 heterocycles. The average Bonchev–Trinajstić information content (AvgIpc) is 2.23. The Morgan fingerprint density at radius 1 is 1.38 bits per heavy atom. The summed E-state index contributed by atoms with van der Waals surface area (Å²) in [5.74, 6) is 0.423. The normalized spacial score (nSPS) is 13.1. The fourth-order valence-electron chi connectivity index (χ4n) is 1.83. The van der Waals surface area contributed by atoms with Gasteiger partial charge in [-0.05, 0) is 59.4 Å². The third-order valence-electron chi connectivity index (χ3n) is 2.90. The summed E-state index contributed by atoms with van der Waals surface area (Å²) in [6.45, 7) is 4.42. The molecule has 16 heavy (non-hydrogen) atoms. The Bertz CT molecular complexity index is 339. The van der Waals surface area contributed by atoms with Crippen LogP contribution in [0.3, 0.4) is 0 Å². The summed E-state index contributed by atoms with van der Waals surface area (Å²) in [6.07, 6.45) is 2.05. The average molecular weight is 288 g/mol. The van der Waals surface area contributed by atoms with Gasteiger partial charge in [0.05, 0.1) is 4.47 Å². The Kier molecular flexibility index (Phi) is 5.42. The monoisotopic (exact) mass is 287 g/mol. The van der Waals surface area contributed by atoms with Crippen LogP contribution in [0.5, 0.6) is 0 Å². The Morgan fingerprint density at radius 2 is 2.06 bits per heavy atom. The van der Waals surface area contributed by atoms with Crippen LogP contribution < -0.4 is 5.32 Å². The molecular weight excluding hydrogens is 269 g/mol. The summed E-state index contributed by atoms with van der Waals surface area (Å²) in [5, 5.41) is 3.31. The quantitative estimate of drug-likeness (QED) is 0.869. The number of hydrogen-bond acceptors (Lipinski definition) is 1. The molecule has 0 aliphatic carbocycles. The smallest absolute Gasteiger partial charge is 0.137 e. The fourth-order valence-corrected chi connectivity index (χ4v) is 2.25. The van der Waals surface area contributed by atoms with Crippen molar-refractivity contribution in [2.75, 3.05) is 7.05 Å². The van der Waals surface area contributed by atoms with Crippen molar-refractivity contribution in [3.05, 3.63) is 34.1 Å². The first-order valence-corrected chi connectivity index (χ1v) is 6.45. The van der Waals surface area contributed by atoms with Crippen molar-refractivity contribution in [2.45, 2.75) is 32.7 Å². The van der Waals surface area contributed by atoms with Gasteiger partial charge in [0.15, 0.2) is 0 Å². The number of nitrogens with one attached hydrogen (secondary N) is 1. The van der Waals surface area contributed by atoms with Gasteiger partial charge in [-0.15, -0.1) is 0 Å². The zero-order chi connectivity index (χ0) is 12.1. The summed E-state index contributed by atoms with van der Waals surface area (Å²) >= 11 is 3.21. The highest BCUT2D eigenvalue weighted by atomic mass is 79.9. The molecule has 1 aromatic rings. The van der Waals surface area contributed by atoms with E-state index < -0.39 is 0 Å². The summed E-state index contributed by atoms with van der Waals surface area (Å²) in [6, 6.07) is 5.75. The van der Waals surface area contributed by atoms with Crippen molar-refractivity contribution < 1.29 is 4.39 Å². The van der Waals surface area contributed by atoms with E-state index in [1.165, 1.54) is 11.6 Å². The Hall–Kier alpha value is -0.410. The van der Waals surface area contributed by atoms with Gasteiger partial charge in [0.2, 0.25) is 0 Å². The van der Waals surface area contributed by atoms with E-state index in [2.05, 4.69) is 35.1 Å². The van der Waals surface area contributed by atoms with Crippen LogP contribution in [0.1, 0.15) is 25.8 Å². The minimum Gasteiger partial charge on any atom is -0.317 e. The van der Waals surface area contributed by atoms with E-state index in [1.54, 1.807) is 0 Å². The van der Waals surface area contributed by atoms with E-state index in [0.29, 0.717) is 16.4 Å². The third-order valence-corrected chi connectivity index (χ3v) is 3.51. The zero-order valence-corrected chi connectivity index (χ0v) is 11.6. The van der Waals surface area contributed by atoms with Crippen LogP contribution in [0.25, 0.3) is 0 Å². The van der Waals surface area contributed by atoms with Gasteiger partial charge >= 0.3 is 0 Å². The maximum absolute atomic E-state index is 13.0. The highest BCUT2D eigenvalue weighted by Crippen LogP contribution is 2.19. The van der Waals surface area contributed by atoms with E-state index in [9.17, 15) is 4.39 Å². The van der Waals surface area contributed by atoms with Crippen LogP contribution in [0.15, 0.2) is 22.7 Å². The second kappa shape index (κ2) is 6.36. The van der Waals surface area contributed by atoms with Crippen LogP contribution in [0, 0.1) is 11.7 Å². The number of halogens is 2. The predicted octanol–water partition coefficient (Wildman–Crippen LogP) is 3.76. The first-order chi connectivity index (χ1) is 7.54. The van der Waals surface area contributed by atoms with Crippen LogP contribution in [-0.2, 0) is 6.42 Å². The molecule has 0 radical (unpaired) electrons. The van der Waals surface area contributed by atoms with Gasteiger partial charge in [-0.25, -0.2) is 4.39 Å². The van der Waals surface area contributed by atoms with Crippen molar-refractivity contribution in [1.29, 1.82) is 0 Å². The van der Waals surface area contributed by atoms with Crippen molar-refractivity contribution >= 4 is 15.9 Å². The molecule has 1 rings (SSSR count). The minimum absolute atomic E-state index is 0.197. The van der Waals surface area contributed by atoms with E-state index in [1.807, 2.05) is 19.2 Å². The first-order valence-electron chi connectivity index (χ1n) is 5.65. The maximum atomic E-state index is 13.0. The molecule has 1 nitrogen and oxygen atoms in total. The molecular formula is C13H19BrFN. The second-order valence-electron chi connectivity index (χ2n) is 4.43. The molecule has 1 atom stereocenters. The van der Waals surface area contributed by atoms with E-state index in [0.717, 1.165) is 12.8 Å². The molecule has 1 aromatic carbocycles. The molecule has 0 aliphatic heterocycles. The Labute approximate surface area is 106 Å². The van der Waals surface area contributed by atoms with Gasteiger partial charge in [-0.2, -0.15) is 0 Å². The highest BCUT2D eigenvalue weighted by Gasteiger charge is 2.10. The first kappa shape index (κ1) is 13.7. The van der Waals surface area contributed by atoms with Crippen LogP contribution >= 0.6 is 15.9 Å². The highest BCUT2D eigenvalue weighted by molar-refractivity contribution is 9.10. The second-order valence-corrected chi connectivity index (χ2v) is 5.28. The molecule has 0 saturated heterocycles. The minimum atomic E-state index is -0.197. The predicted molar refractivity (Wildman–Crippen MR) is 70.1 cm³/mol. The van der Waals surface area contributed by atoms with Crippen LogP contribution in [0.2, 0.25) is 0 Å². The summed E-state index contributed by atoms with van der Waals surface area (Å²) in [5.41, 5.74) is 1.18. The molecule has 90 valence electrons. The van der Waals surface area contributed by atoms with Gasteiger partial charge < -0.3 is 5.32 Å². The molecule has 0 saturated carbocycles. The largest absolute Gasteiger partial charge is 0.317 e. The zero-order valence-electron chi connectivity index (χ0n) is 10.1. The lowest BCUT2D eigenvalue weighted by Crippen LogP contribution is -2.30. The van der Waals surface area contributed by atoms with Gasteiger partial charge in [0, 0.05) is 6.04 Å². The standard InChI is InChI=1S/C13H19BrFN/c1-9(2)13(16-3)7-5-10-4-6-12(15)11(14)8-10/h4,6,8-9,13,16H,5,7H2,1-3H3. The van der Waals surface area contributed by atoms with E-state index >= 15 is 0 Å². The molecule has 0 spiro atoms. The van der Waals surface area contributed by atoms with Gasteiger partial charge in [0.25, 0.3) is 0 Å². The van der Waals surface area contributed by atoms with E-state index in [-0.39, 0.29) is 5.82 Å². The van der Waals surface area contributed by atoms with Crippen molar-refractivity contribution in [3.8, 4) is 0 Å². The van der Waals surface area contributed by atoms with Crippen molar-refractivity contribution in [3.63, 3.8) is 0 Å². The summed E-state index contributed by atoms with van der Waals surface area (Å²) in [4.78, 5) is 0. The molecule has 0 aromatic heterocycles. The summed E-state index contributed by atoms with van der Waals surface area (Å²) < 4.78 is 13.6.